The summed E-state index contributed by atoms with van der Waals surface area (Å²) in [7, 11) is 0. The zero-order chi connectivity index (χ0) is 15.9. The van der Waals surface area contributed by atoms with E-state index in [9.17, 15) is 14.9 Å². The van der Waals surface area contributed by atoms with Gasteiger partial charge >= 0.3 is 0 Å². The Balaban J connectivity index is 2.24. The number of nitro benzene ring substituents is 1. The number of nitro groups is 1. The Kier molecular flexibility index (Phi) is 5.55. The Bertz CT molecular complexity index is 661. The molecule has 0 unspecified atom stereocenters. The molecule has 114 valence electrons. The predicted octanol–water partition coefficient (Wildman–Crippen LogP) is 3.43. The predicted molar refractivity (Wildman–Crippen MR) is 88.1 cm³/mol. The molecule has 0 aliphatic rings. The second-order valence-electron chi connectivity index (χ2n) is 4.67. The van der Waals surface area contributed by atoms with Crippen molar-refractivity contribution >= 4 is 23.4 Å². The highest BCUT2D eigenvalue weighted by atomic mass is 32.2. The molecule has 1 N–H and O–H groups in total. The van der Waals surface area contributed by atoms with Crippen molar-refractivity contribution in [2.24, 2.45) is 0 Å². The molecule has 5 nitrogen and oxygen atoms in total. The van der Waals surface area contributed by atoms with Crippen LogP contribution in [-0.2, 0) is 0 Å². The molecular formula is C16H16N2O3S. The average molecular weight is 316 g/mol. The molecule has 0 radical (unpaired) electrons. The summed E-state index contributed by atoms with van der Waals surface area (Å²) in [5, 5.41) is 13.9. The molecular weight excluding hydrogens is 300 g/mol. The van der Waals surface area contributed by atoms with E-state index in [4.69, 9.17) is 0 Å². The van der Waals surface area contributed by atoms with Gasteiger partial charge in [-0.3, -0.25) is 14.9 Å². The fraction of sp³-hybridized carbons (Fsp3) is 0.188. The first-order valence-electron chi connectivity index (χ1n) is 6.71. The SMILES string of the molecule is CSC[C@H](NC(=O)c1ccccc1[N+](=O)[O-])c1ccccc1. The lowest BCUT2D eigenvalue weighted by molar-refractivity contribution is -0.385. The zero-order valence-electron chi connectivity index (χ0n) is 12.1. The zero-order valence-corrected chi connectivity index (χ0v) is 12.9. The van der Waals surface area contributed by atoms with E-state index in [-0.39, 0.29) is 17.3 Å². The van der Waals surface area contributed by atoms with Gasteiger partial charge in [-0.2, -0.15) is 11.8 Å². The van der Waals surface area contributed by atoms with Crippen LogP contribution in [0, 0.1) is 10.1 Å². The number of rotatable bonds is 6. The number of hydrogen-bond acceptors (Lipinski definition) is 4. The van der Waals surface area contributed by atoms with Crippen LogP contribution < -0.4 is 5.32 Å². The van der Waals surface area contributed by atoms with E-state index in [1.807, 2.05) is 36.6 Å². The van der Waals surface area contributed by atoms with Crippen LogP contribution in [0.5, 0.6) is 0 Å². The van der Waals surface area contributed by atoms with E-state index >= 15 is 0 Å². The standard InChI is InChI=1S/C16H16N2O3S/c1-22-11-14(12-7-3-2-4-8-12)17-16(19)13-9-5-6-10-15(13)18(20)21/h2-10,14H,11H2,1H3,(H,17,19)/t14-/m0/s1. The number of nitrogens with one attached hydrogen (secondary N) is 1. The molecule has 0 aliphatic heterocycles. The summed E-state index contributed by atoms with van der Waals surface area (Å²) in [6, 6.07) is 15.3. The number of carbonyl (C=O) groups is 1. The molecule has 6 heteroatoms. The molecule has 0 spiro atoms. The first-order chi connectivity index (χ1) is 10.6. The fourth-order valence-electron chi connectivity index (χ4n) is 2.13. The third kappa shape index (κ3) is 3.85. The number of carbonyl (C=O) groups excluding carboxylic acids is 1. The van der Waals surface area contributed by atoms with Crippen LogP contribution in [0.3, 0.4) is 0 Å². The van der Waals surface area contributed by atoms with Gasteiger partial charge in [0.15, 0.2) is 0 Å². The third-order valence-electron chi connectivity index (χ3n) is 3.19. The smallest absolute Gasteiger partial charge is 0.282 e. The summed E-state index contributed by atoms with van der Waals surface area (Å²) in [6.07, 6.45) is 1.95. The van der Waals surface area contributed by atoms with Gasteiger partial charge in [0.1, 0.15) is 5.56 Å². The Morgan fingerprint density at radius 1 is 1.18 bits per heavy atom. The summed E-state index contributed by atoms with van der Waals surface area (Å²) in [5.41, 5.74) is 0.870. The molecule has 2 aromatic carbocycles. The minimum Gasteiger partial charge on any atom is -0.344 e. The quantitative estimate of drug-likeness (QED) is 0.654. The van der Waals surface area contributed by atoms with Crippen LogP contribution in [0.15, 0.2) is 54.6 Å². The molecule has 0 saturated carbocycles. The number of amides is 1. The number of hydrogen-bond donors (Lipinski definition) is 1. The van der Waals surface area contributed by atoms with Gasteiger partial charge in [0.05, 0.1) is 11.0 Å². The van der Waals surface area contributed by atoms with Crippen LogP contribution in [0.1, 0.15) is 22.0 Å². The van der Waals surface area contributed by atoms with Crippen molar-refractivity contribution in [1.82, 2.24) is 5.32 Å². The first-order valence-corrected chi connectivity index (χ1v) is 8.11. The highest BCUT2D eigenvalue weighted by Crippen LogP contribution is 2.21. The normalized spacial score (nSPS) is 11.7. The molecule has 0 aromatic heterocycles. The Hall–Kier alpha value is -2.34. The van der Waals surface area contributed by atoms with Gasteiger partial charge in [-0.05, 0) is 17.9 Å². The Morgan fingerprint density at radius 2 is 1.82 bits per heavy atom. The van der Waals surface area contributed by atoms with Gasteiger partial charge in [0.25, 0.3) is 11.6 Å². The van der Waals surface area contributed by atoms with Gasteiger partial charge < -0.3 is 5.32 Å². The van der Waals surface area contributed by atoms with E-state index in [0.717, 1.165) is 5.56 Å². The maximum atomic E-state index is 12.4. The highest BCUT2D eigenvalue weighted by molar-refractivity contribution is 7.98. The van der Waals surface area contributed by atoms with Gasteiger partial charge in [0, 0.05) is 11.8 Å². The number of para-hydroxylation sites is 1. The van der Waals surface area contributed by atoms with Crippen LogP contribution in [0.4, 0.5) is 5.69 Å². The maximum absolute atomic E-state index is 12.4. The first kappa shape index (κ1) is 16.0. The summed E-state index contributed by atoms with van der Waals surface area (Å²) in [5.74, 6) is 0.256. The van der Waals surface area contributed by atoms with Crippen LogP contribution in [0.25, 0.3) is 0 Å². The van der Waals surface area contributed by atoms with Crippen LogP contribution >= 0.6 is 11.8 Å². The summed E-state index contributed by atoms with van der Waals surface area (Å²) >= 11 is 1.60. The van der Waals surface area contributed by atoms with E-state index in [1.54, 1.807) is 23.9 Å². The molecule has 0 saturated heterocycles. The molecule has 1 atom stereocenters. The number of nitrogens with zero attached hydrogens (tertiary/aromatic N) is 1. The van der Waals surface area contributed by atoms with Crippen molar-refractivity contribution in [2.75, 3.05) is 12.0 Å². The van der Waals surface area contributed by atoms with E-state index in [1.165, 1.54) is 12.1 Å². The number of thioether (sulfide) groups is 1. The Labute approximate surface area is 132 Å². The second-order valence-corrected chi connectivity index (χ2v) is 5.58. The topological polar surface area (TPSA) is 72.2 Å². The lowest BCUT2D eigenvalue weighted by Gasteiger charge is -2.18. The molecule has 0 bridgehead atoms. The molecule has 0 fully saturated rings. The molecule has 22 heavy (non-hydrogen) atoms. The van der Waals surface area contributed by atoms with Crippen molar-refractivity contribution in [2.45, 2.75) is 6.04 Å². The van der Waals surface area contributed by atoms with Crippen molar-refractivity contribution in [3.8, 4) is 0 Å². The second kappa shape index (κ2) is 7.61. The lowest BCUT2D eigenvalue weighted by Crippen LogP contribution is -2.30. The average Bonchev–Trinajstić information content (AvgIpc) is 2.55. The molecule has 2 aromatic rings. The molecule has 1 amide bonds. The molecule has 0 aliphatic carbocycles. The molecule has 0 heterocycles. The fourth-order valence-corrected chi connectivity index (χ4v) is 2.74. The largest absolute Gasteiger partial charge is 0.344 e. The third-order valence-corrected chi connectivity index (χ3v) is 3.85. The van der Waals surface area contributed by atoms with E-state index < -0.39 is 10.8 Å². The van der Waals surface area contributed by atoms with Gasteiger partial charge in [-0.15, -0.1) is 0 Å². The van der Waals surface area contributed by atoms with Crippen LogP contribution in [-0.4, -0.2) is 22.8 Å². The lowest BCUT2D eigenvalue weighted by atomic mass is 10.1. The van der Waals surface area contributed by atoms with Crippen molar-refractivity contribution in [1.29, 1.82) is 0 Å². The minimum absolute atomic E-state index is 0.0783. The summed E-state index contributed by atoms with van der Waals surface area (Å²) < 4.78 is 0. The Morgan fingerprint density at radius 3 is 2.45 bits per heavy atom. The van der Waals surface area contributed by atoms with Crippen molar-refractivity contribution in [3.63, 3.8) is 0 Å². The number of benzene rings is 2. The van der Waals surface area contributed by atoms with Crippen LogP contribution in [0.2, 0.25) is 0 Å². The van der Waals surface area contributed by atoms with Gasteiger partial charge in [-0.25, -0.2) is 0 Å². The van der Waals surface area contributed by atoms with Gasteiger partial charge in [-0.1, -0.05) is 42.5 Å². The van der Waals surface area contributed by atoms with E-state index in [2.05, 4.69) is 5.32 Å². The highest BCUT2D eigenvalue weighted by Gasteiger charge is 2.22. The summed E-state index contributed by atoms with van der Waals surface area (Å²) in [6.45, 7) is 0. The van der Waals surface area contributed by atoms with E-state index in [0.29, 0.717) is 5.75 Å². The van der Waals surface area contributed by atoms with Crippen molar-refractivity contribution in [3.05, 3.63) is 75.8 Å². The van der Waals surface area contributed by atoms with Gasteiger partial charge in [0.2, 0.25) is 0 Å². The minimum atomic E-state index is -0.541. The molecule has 2 rings (SSSR count). The maximum Gasteiger partial charge on any atom is 0.282 e. The monoisotopic (exact) mass is 316 g/mol. The summed E-state index contributed by atoms with van der Waals surface area (Å²) in [4.78, 5) is 22.9. The van der Waals surface area contributed by atoms with Crippen molar-refractivity contribution < 1.29 is 9.72 Å².